The summed E-state index contributed by atoms with van der Waals surface area (Å²) in [5.41, 5.74) is -0.705. The van der Waals surface area contributed by atoms with Crippen LogP contribution < -0.4 is 5.32 Å². The van der Waals surface area contributed by atoms with Gasteiger partial charge in [-0.1, -0.05) is 71.8 Å². The number of aliphatic hydroxyl groups excluding tert-OH is 1. The predicted molar refractivity (Wildman–Crippen MR) is 162 cm³/mol. The number of β-amino-alcohol motifs (C(OH)–C–C–N with tert-alkyl or cyclic N) is 1. The van der Waals surface area contributed by atoms with Crippen LogP contribution in [0.2, 0.25) is 0 Å². The number of cyclic esters (lactones) is 1. The number of ether oxygens (including phenoxy) is 2. The van der Waals surface area contributed by atoms with Crippen LogP contribution in [0.3, 0.4) is 0 Å². The van der Waals surface area contributed by atoms with Gasteiger partial charge in [-0.25, -0.2) is 0 Å². The van der Waals surface area contributed by atoms with Crippen molar-refractivity contribution in [1.29, 1.82) is 0 Å². The Balaban J connectivity index is 1.60. The maximum atomic E-state index is 14.5. The number of allylic oxidation sites excluding steroid dienone is 1. The lowest BCUT2D eigenvalue weighted by Crippen LogP contribution is -2.57. The molecule has 4 aliphatic rings. The molecule has 232 valence electrons. The van der Waals surface area contributed by atoms with E-state index in [1.807, 2.05) is 56.3 Å². The molecule has 0 saturated carbocycles. The van der Waals surface area contributed by atoms with E-state index in [1.54, 1.807) is 17.9 Å². The van der Waals surface area contributed by atoms with Gasteiger partial charge in [0.15, 0.2) is 0 Å². The number of aliphatic hydroxyl groups is 1. The average Bonchev–Trinajstić information content (AvgIpc) is 3.56. The molecule has 1 unspecified atom stereocenters. The van der Waals surface area contributed by atoms with E-state index in [-0.39, 0.29) is 44.0 Å². The molecule has 43 heavy (non-hydrogen) atoms. The first kappa shape index (κ1) is 31.4. The first-order valence-corrected chi connectivity index (χ1v) is 15.9. The van der Waals surface area contributed by atoms with Gasteiger partial charge in [0, 0.05) is 30.0 Å². The SMILES string of the molecule is CCCC(C)N1C/C=C\CCC(=O)N[C@@H](C)[C@H](c2ccccc2)OC(=O)[C@H]2[C@@H]3O[C@@]4(C=C3Br)[C@@H]2C(=O)N(CCO)[C@@H]4C1=O. The molecule has 8 atom stereocenters. The van der Waals surface area contributed by atoms with Crippen molar-refractivity contribution in [2.45, 2.75) is 82.4 Å². The number of amides is 3. The molecule has 10 nitrogen and oxygen atoms in total. The van der Waals surface area contributed by atoms with Gasteiger partial charge in [0.25, 0.3) is 0 Å². The number of hydrogen-bond acceptors (Lipinski definition) is 7. The summed E-state index contributed by atoms with van der Waals surface area (Å²) in [6.07, 6.45) is 6.18. The standard InChI is InChI=1S/C32H40BrN3O7/c1-4-11-19(2)35-15-10-6-9-14-23(38)34-20(3)26(21-12-7-5-8-13-21)42-31(41)24-25-29(39)36(16-17-37)28(30(35)40)32(25)18-22(33)27(24)43-32/h5-8,10,12-13,18-20,24-28,37H,4,9,11,14-17H2,1-3H3,(H,34,38)/b10-6-/t19?,20-,24+,25-,26+,27+,28+,32-/m0/s1. The van der Waals surface area contributed by atoms with Crippen molar-refractivity contribution in [3.8, 4) is 0 Å². The van der Waals surface area contributed by atoms with Crippen LogP contribution in [0.1, 0.15) is 58.1 Å². The average molecular weight is 659 g/mol. The number of nitrogens with one attached hydrogen (secondary N) is 1. The maximum Gasteiger partial charge on any atom is 0.313 e. The number of likely N-dealkylation sites (tertiary alicyclic amines) is 1. The molecule has 0 aromatic heterocycles. The van der Waals surface area contributed by atoms with Crippen molar-refractivity contribution in [3.63, 3.8) is 0 Å². The summed E-state index contributed by atoms with van der Waals surface area (Å²) >= 11 is 3.56. The van der Waals surface area contributed by atoms with Crippen LogP contribution >= 0.6 is 15.9 Å². The molecule has 2 N–H and O–H groups in total. The van der Waals surface area contributed by atoms with E-state index in [9.17, 15) is 24.3 Å². The summed E-state index contributed by atoms with van der Waals surface area (Å²) in [7, 11) is 0. The van der Waals surface area contributed by atoms with Crippen molar-refractivity contribution in [2.75, 3.05) is 19.7 Å². The van der Waals surface area contributed by atoms with E-state index in [2.05, 4.69) is 21.2 Å². The number of rotatable bonds is 6. The number of halogens is 1. The molecular weight excluding hydrogens is 618 g/mol. The summed E-state index contributed by atoms with van der Waals surface area (Å²) in [5, 5.41) is 12.9. The molecular formula is C32H40BrN3O7. The fourth-order valence-corrected chi connectivity index (χ4v) is 7.79. The summed E-state index contributed by atoms with van der Waals surface area (Å²) in [6.45, 7) is 5.66. The Morgan fingerprint density at radius 3 is 2.56 bits per heavy atom. The molecule has 4 aliphatic heterocycles. The maximum absolute atomic E-state index is 14.5. The predicted octanol–water partition coefficient (Wildman–Crippen LogP) is 3.01. The van der Waals surface area contributed by atoms with E-state index >= 15 is 0 Å². The lowest BCUT2D eigenvalue weighted by atomic mass is 9.74. The summed E-state index contributed by atoms with van der Waals surface area (Å²) in [6, 6.07) is 7.38. The van der Waals surface area contributed by atoms with Gasteiger partial charge in [-0.05, 0) is 38.3 Å². The monoisotopic (exact) mass is 657 g/mol. The highest BCUT2D eigenvalue weighted by Gasteiger charge is 2.75. The fraction of sp³-hybridized carbons (Fsp3) is 0.562. The normalized spacial score (nSPS) is 34.5. The molecule has 0 radical (unpaired) electrons. The van der Waals surface area contributed by atoms with E-state index in [4.69, 9.17) is 9.47 Å². The second kappa shape index (κ2) is 12.9. The second-order valence-corrected chi connectivity index (χ2v) is 12.8. The molecule has 11 heteroatoms. The Bertz CT molecular complexity index is 1300. The van der Waals surface area contributed by atoms with E-state index < -0.39 is 53.6 Å². The van der Waals surface area contributed by atoms with Crippen molar-refractivity contribution >= 4 is 39.6 Å². The van der Waals surface area contributed by atoms with Crippen LogP contribution in [-0.4, -0.2) is 88.1 Å². The Hall–Kier alpha value is -3.02. The number of fused-ring (bicyclic) bond motifs is 2. The zero-order valence-electron chi connectivity index (χ0n) is 24.8. The van der Waals surface area contributed by atoms with Gasteiger partial charge < -0.3 is 29.7 Å². The van der Waals surface area contributed by atoms with Crippen molar-refractivity contribution in [3.05, 3.63) is 58.6 Å². The van der Waals surface area contributed by atoms with Crippen molar-refractivity contribution in [2.24, 2.45) is 11.8 Å². The zero-order chi connectivity index (χ0) is 30.9. The van der Waals surface area contributed by atoms with Gasteiger partial charge >= 0.3 is 5.97 Å². The smallest absolute Gasteiger partial charge is 0.313 e. The van der Waals surface area contributed by atoms with Gasteiger partial charge in [0.05, 0.1) is 18.6 Å². The molecule has 5 rings (SSSR count). The summed E-state index contributed by atoms with van der Waals surface area (Å²) in [5.74, 6) is -3.61. The first-order chi connectivity index (χ1) is 20.6. The van der Waals surface area contributed by atoms with Crippen LogP contribution in [0.5, 0.6) is 0 Å². The molecule has 5 bridgehead atoms. The minimum absolute atomic E-state index is 0.0731. The Morgan fingerprint density at radius 2 is 1.86 bits per heavy atom. The first-order valence-electron chi connectivity index (χ1n) is 15.1. The summed E-state index contributed by atoms with van der Waals surface area (Å²) < 4.78 is 13.2. The minimum atomic E-state index is -1.40. The van der Waals surface area contributed by atoms with Crippen LogP contribution in [0, 0.1) is 11.8 Å². The molecule has 4 heterocycles. The highest BCUT2D eigenvalue weighted by atomic mass is 79.9. The minimum Gasteiger partial charge on any atom is -0.455 e. The molecule has 1 aromatic carbocycles. The quantitative estimate of drug-likeness (QED) is 0.356. The van der Waals surface area contributed by atoms with Crippen LogP contribution in [0.4, 0.5) is 0 Å². The van der Waals surface area contributed by atoms with Crippen molar-refractivity contribution in [1.82, 2.24) is 15.1 Å². The third kappa shape index (κ3) is 5.67. The Kier molecular flexibility index (Phi) is 9.43. The number of carbonyl (C=O) groups excluding carboxylic acids is 4. The van der Waals surface area contributed by atoms with Crippen LogP contribution in [0.15, 0.2) is 53.0 Å². The zero-order valence-corrected chi connectivity index (χ0v) is 26.4. The lowest BCUT2D eigenvalue weighted by molar-refractivity contribution is -0.161. The highest BCUT2D eigenvalue weighted by Crippen LogP contribution is 2.59. The van der Waals surface area contributed by atoms with Gasteiger partial charge in [-0.15, -0.1) is 0 Å². The topological polar surface area (TPSA) is 125 Å². The number of benzene rings is 1. The largest absolute Gasteiger partial charge is 0.455 e. The van der Waals surface area contributed by atoms with Crippen molar-refractivity contribution < 1.29 is 33.8 Å². The lowest BCUT2D eigenvalue weighted by Gasteiger charge is -2.38. The van der Waals surface area contributed by atoms with Gasteiger partial charge in [-0.2, -0.15) is 0 Å². The number of nitrogens with zero attached hydrogens (tertiary/aromatic N) is 2. The second-order valence-electron chi connectivity index (χ2n) is 11.8. The van der Waals surface area contributed by atoms with Gasteiger partial charge in [0.2, 0.25) is 17.7 Å². The molecule has 1 spiro atoms. The number of hydrogen-bond donors (Lipinski definition) is 2. The van der Waals surface area contributed by atoms with E-state index in [1.165, 1.54) is 4.90 Å². The van der Waals surface area contributed by atoms with Gasteiger partial charge in [-0.3, -0.25) is 19.2 Å². The summed E-state index contributed by atoms with van der Waals surface area (Å²) in [4.78, 5) is 58.7. The van der Waals surface area contributed by atoms with E-state index in [0.29, 0.717) is 16.5 Å². The van der Waals surface area contributed by atoms with Crippen LogP contribution in [-0.2, 0) is 28.7 Å². The Labute approximate surface area is 260 Å². The van der Waals surface area contributed by atoms with Gasteiger partial charge in [0.1, 0.15) is 29.8 Å². The number of carbonyl (C=O) groups is 4. The highest BCUT2D eigenvalue weighted by molar-refractivity contribution is 9.11. The van der Waals surface area contributed by atoms with E-state index in [0.717, 1.165) is 12.8 Å². The fourth-order valence-electron chi connectivity index (χ4n) is 7.06. The van der Waals surface area contributed by atoms with Crippen LogP contribution in [0.25, 0.3) is 0 Å². The Morgan fingerprint density at radius 1 is 1.12 bits per heavy atom. The molecule has 2 saturated heterocycles. The molecule has 2 fully saturated rings. The number of esters is 1. The molecule has 3 amide bonds. The third-order valence-electron chi connectivity index (χ3n) is 9.02. The third-order valence-corrected chi connectivity index (χ3v) is 9.70. The molecule has 0 aliphatic carbocycles. The molecule has 1 aromatic rings.